The van der Waals surface area contributed by atoms with Crippen LogP contribution in [0.5, 0.6) is 0 Å². The Morgan fingerprint density at radius 2 is 1.77 bits per heavy atom. The molecule has 0 radical (unpaired) electrons. The minimum absolute atomic E-state index is 0.0857. The molecule has 1 aromatic heterocycles. The Morgan fingerprint density at radius 1 is 1.06 bits per heavy atom. The second-order valence-electron chi connectivity index (χ2n) is 6.92. The van der Waals surface area contributed by atoms with Crippen molar-refractivity contribution in [3.63, 3.8) is 0 Å². The van der Waals surface area contributed by atoms with E-state index < -0.39 is 10.0 Å². The maximum Gasteiger partial charge on any atom is 0.268 e. The van der Waals surface area contributed by atoms with Gasteiger partial charge in [0.1, 0.15) is 12.5 Å². The van der Waals surface area contributed by atoms with Gasteiger partial charge in [-0.2, -0.15) is 0 Å². The van der Waals surface area contributed by atoms with Gasteiger partial charge < -0.3 is 19.1 Å². The molecule has 0 atom stereocenters. The minimum atomic E-state index is -4.05. The molecule has 9 heteroatoms. The first-order chi connectivity index (χ1) is 14.9. The minimum Gasteiger partial charge on any atom is -0.392 e. The summed E-state index contributed by atoms with van der Waals surface area (Å²) in [5.41, 5.74) is 2.60. The molecule has 0 amide bonds. The van der Waals surface area contributed by atoms with Gasteiger partial charge in [0.25, 0.3) is 10.0 Å². The van der Waals surface area contributed by atoms with Gasteiger partial charge in [-0.05, 0) is 31.0 Å². The first-order valence-corrected chi connectivity index (χ1v) is 11.2. The first kappa shape index (κ1) is 23.0. The summed E-state index contributed by atoms with van der Waals surface area (Å²) in [5.74, 6) is 0.709. The number of aliphatic hydroxyl groups excluding tert-OH is 1. The number of anilines is 1. The van der Waals surface area contributed by atoms with E-state index in [0.29, 0.717) is 29.1 Å². The molecule has 0 saturated carbocycles. The molecule has 2 aromatic carbocycles. The van der Waals surface area contributed by atoms with Crippen molar-refractivity contribution < 1.29 is 27.5 Å². The van der Waals surface area contributed by atoms with Gasteiger partial charge in [0.05, 0.1) is 24.7 Å². The molecule has 3 aromatic rings. The molecule has 31 heavy (non-hydrogen) atoms. The van der Waals surface area contributed by atoms with Crippen molar-refractivity contribution in [3.8, 4) is 11.1 Å². The van der Waals surface area contributed by atoms with E-state index in [9.17, 15) is 13.5 Å². The SMILES string of the molecule is COCCOCN(c1noc(C)c1C)S(=O)(=O)c1ccccc1-c1ccc(CO)cc1. The van der Waals surface area contributed by atoms with Gasteiger partial charge in [-0.15, -0.1) is 0 Å². The molecule has 8 nitrogen and oxygen atoms in total. The molecule has 0 saturated heterocycles. The Bertz CT molecular complexity index is 1110. The monoisotopic (exact) mass is 446 g/mol. The highest BCUT2D eigenvalue weighted by atomic mass is 32.2. The third-order valence-corrected chi connectivity index (χ3v) is 6.68. The molecule has 0 aliphatic heterocycles. The van der Waals surface area contributed by atoms with E-state index in [1.54, 1.807) is 69.5 Å². The summed E-state index contributed by atoms with van der Waals surface area (Å²) in [7, 11) is -2.51. The smallest absolute Gasteiger partial charge is 0.268 e. The number of aromatic nitrogens is 1. The number of ether oxygens (including phenoxy) is 2. The van der Waals surface area contributed by atoms with Crippen molar-refractivity contribution in [1.82, 2.24) is 5.16 Å². The summed E-state index contributed by atoms with van der Waals surface area (Å²) in [6.07, 6.45) is 0. The number of aliphatic hydroxyl groups is 1. The summed E-state index contributed by atoms with van der Waals surface area (Å²) in [5, 5.41) is 13.3. The van der Waals surface area contributed by atoms with Crippen molar-refractivity contribution in [1.29, 1.82) is 0 Å². The van der Waals surface area contributed by atoms with Gasteiger partial charge >= 0.3 is 0 Å². The van der Waals surface area contributed by atoms with E-state index >= 15 is 0 Å². The van der Waals surface area contributed by atoms with E-state index in [0.717, 1.165) is 9.87 Å². The van der Waals surface area contributed by atoms with Crippen LogP contribution in [0.25, 0.3) is 11.1 Å². The van der Waals surface area contributed by atoms with Crippen LogP contribution in [-0.2, 0) is 26.1 Å². The van der Waals surface area contributed by atoms with Crippen LogP contribution >= 0.6 is 0 Å². The number of methoxy groups -OCH3 is 1. The second-order valence-corrected chi connectivity index (χ2v) is 8.75. The van der Waals surface area contributed by atoms with Gasteiger partial charge in [0, 0.05) is 18.2 Å². The predicted octanol–water partition coefficient (Wildman–Crippen LogP) is 3.27. The number of hydrogen-bond donors (Lipinski definition) is 1. The van der Waals surface area contributed by atoms with Crippen molar-refractivity contribution in [2.45, 2.75) is 25.3 Å². The molecule has 0 fully saturated rings. The highest BCUT2D eigenvalue weighted by molar-refractivity contribution is 7.93. The fourth-order valence-electron chi connectivity index (χ4n) is 3.01. The Labute approximate surface area is 182 Å². The van der Waals surface area contributed by atoms with Crippen LogP contribution in [0.2, 0.25) is 0 Å². The number of rotatable bonds is 10. The molecule has 0 spiro atoms. The summed E-state index contributed by atoms with van der Waals surface area (Å²) >= 11 is 0. The number of nitrogens with zero attached hydrogens (tertiary/aromatic N) is 2. The highest BCUT2D eigenvalue weighted by Crippen LogP contribution is 2.33. The molecule has 3 rings (SSSR count). The Hall–Kier alpha value is -2.72. The van der Waals surface area contributed by atoms with E-state index in [1.165, 1.54) is 0 Å². The highest BCUT2D eigenvalue weighted by Gasteiger charge is 2.31. The molecular weight excluding hydrogens is 420 g/mol. The average Bonchev–Trinajstić information content (AvgIpc) is 3.11. The van der Waals surface area contributed by atoms with Crippen molar-refractivity contribution >= 4 is 15.8 Å². The van der Waals surface area contributed by atoms with Crippen molar-refractivity contribution in [3.05, 3.63) is 65.4 Å². The van der Waals surface area contributed by atoms with Crippen LogP contribution < -0.4 is 4.31 Å². The van der Waals surface area contributed by atoms with Gasteiger partial charge in [0.15, 0.2) is 5.82 Å². The second kappa shape index (κ2) is 10.1. The molecule has 0 aliphatic carbocycles. The molecule has 1 heterocycles. The van der Waals surface area contributed by atoms with Gasteiger partial charge in [0.2, 0.25) is 0 Å². The van der Waals surface area contributed by atoms with Crippen molar-refractivity contribution in [2.24, 2.45) is 0 Å². The summed E-state index contributed by atoms with van der Waals surface area (Å²) < 4.78 is 44.4. The fraction of sp³-hybridized carbons (Fsp3) is 0.318. The van der Waals surface area contributed by atoms with Gasteiger partial charge in [-0.3, -0.25) is 0 Å². The molecule has 166 valence electrons. The van der Waals surface area contributed by atoms with Crippen molar-refractivity contribution in [2.75, 3.05) is 31.4 Å². The molecular formula is C22H26N2O6S. The Balaban J connectivity index is 2.06. The zero-order valence-electron chi connectivity index (χ0n) is 17.7. The van der Waals surface area contributed by atoms with E-state index in [2.05, 4.69) is 5.16 Å². The number of hydrogen-bond acceptors (Lipinski definition) is 7. The van der Waals surface area contributed by atoms with Crippen LogP contribution in [0.15, 0.2) is 57.9 Å². The van der Waals surface area contributed by atoms with Crippen LogP contribution in [0.3, 0.4) is 0 Å². The lowest BCUT2D eigenvalue weighted by atomic mass is 10.0. The van der Waals surface area contributed by atoms with Gasteiger partial charge in [-0.25, -0.2) is 12.7 Å². The quantitative estimate of drug-likeness (QED) is 0.377. The first-order valence-electron chi connectivity index (χ1n) is 9.71. The van der Waals surface area contributed by atoms with Gasteiger partial charge in [-0.1, -0.05) is 47.6 Å². The number of aryl methyl sites for hydroxylation is 1. The van der Waals surface area contributed by atoms with Crippen LogP contribution in [0.4, 0.5) is 5.82 Å². The summed E-state index contributed by atoms with van der Waals surface area (Å²) in [6.45, 7) is 3.70. The standard InChI is InChI=1S/C22H26N2O6S/c1-16-17(2)30-23-22(16)24(15-29-13-12-28-3)31(26,27)21-7-5-4-6-20(21)19-10-8-18(14-25)9-11-19/h4-11,25H,12-15H2,1-3H3. The Kier molecular flexibility index (Phi) is 7.45. The number of sulfonamides is 1. The lowest BCUT2D eigenvalue weighted by molar-refractivity contribution is 0.0753. The van der Waals surface area contributed by atoms with Crippen LogP contribution in [0, 0.1) is 13.8 Å². The zero-order chi connectivity index (χ0) is 22.4. The topological polar surface area (TPSA) is 102 Å². The normalized spacial score (nSPS) is 11.6. The maximum atomic E-state index is 13.8. The average molecular weight is 447 g/mol. The third kappa shape index (κ3) is 4.96. The van der Waals surface area contributed by atoms with E-state index in [-0.39, 0.29) is 30.7 Å². The summed E-state index contributed by atoms with van der Waals surface area (Å²) in [4.78, 5) is 0.113. The molecule has 0 aliphatic rings. The predicted molar refractivity (Wildman–Crippen MR) is 116 cm³/mol. The Morgan fingerprint density at radius 3 is 2.39 bits per heavy atom. The largest absolute Gasteiger partial charge is 0.392 e. The summed E-state index contributed by atoms with van der Waals surface area (Å²) in [6, 6.07) is 13.8. The van der Waals surface area contributed by atoms with E-state index in [1.807, 2.05) is 0 Å². The lowest BCUT2D eigenvalue weighted by Crippen LogP contribution is -2.35. The third-order valence-electron chi connectivity index (χ3n) is 4.91. The lowest BCUT2D eigenvalue weighted by Gasteiger charge is -2.23. The maximum absolute atomic E-state index is 13.8. The molecule has 0 unspecified atom stereocenters. The zero-order valence-corrected chi connectivity index (χ0v) is 18.6. The molecule has 1 N–H and O–H groups in total. The fourth-order valence-corrected chi connectivity index (χ4v) is 4.57. The van der Waals surface area contributed by atoms with Crippen LogP contribution in [0.1, 0.15) is 16.9 Å². The molecule has 0 bridgehead atoms. The number of benzene rings is 2. The van der Waals surface area contributed by atoms with Crippen LogP contribution in [-0.4, -0.2) is 45.7 Å². The van der Waals surface area contributed by atoms with E-state index in [4.69, 9.17) is 14.0 Å².